The lowest BCUT2D eigenvalue weighted by molar-refractivity contribution is -0.385. The number of benzene rings is 1. The zero-order valence-corrected chi connectivity index (χ0v) is 11.1. The lowest BCUT2D eigenvalue weighted by atomic mass is 9.98. The number of anilines is 1. The third-order valence-electron chi connectivity index (χ3n) is 3.78. The Kier molecular flexibility index (Phi) is 4.08. The monoisotopic (exact) mass is 298 g/mol. The molecular weight excluding hydrogens is 283 g/mol. The highest BCUT2D eigenvalue weighted by Gasteiger charge is 2.34. The van der Waals surface area contributed by atoms with Crippen LogP contribution in [0, 0.1) is 15.9 Å². The Bertz CT molecular complexity index is 584. The molecule has 3 N–H and O–H groups in total. The summed E-state index contributed by atoms with van der Waals surface area (Å²) in [5, 5.41) is 32.1. The summed E-state index contributed by atoms with van der Waals surface area (Å²) < 4.78 is 14.0. The van der Waals surface area contributed by atoms with Crippen molar-refractivity contribution >= 4 is 17.3 Å². The van der Waals surface area contributed by atoms with Crippen LogP contribution < -0.4 is 5.32 Å². The number of carbonyl (C=O) groups is 1. The van der Waals surface area contributed by atoms with Gasteiger partial charge in [-0.3, -0.25) is 10.1 Å². The van der Waals surface area contributed by atoms with Crippen LogP contribution in [0.15, 0.2) is 12.1 Å². The van der Waals surface area contributed by atoms with Gasteiger partial charge in [-0.25, -0.2) is 9.18 Å². The average Bonchev–Trinajstić information content (AvgIpc) is 2.89. The van der Waals surface area contributed by atoms with Gasteiger partial charge in [0.05, 0.1) is 28.8 Å². The largest absolute Gasteiger partial charge is 0.477 e. The molecule has 2 rings (SSSR count). The number of nitrogens with zero attached hydrogens (tertiary/aromatic N) is 1. The van der Waals surface area contributed by atoms with Crippen LogP contribution in [0.1, 0.15) is 36.0 Å². The molecule has 1 aromatic carbocycles. The van der Waals surface area contributed by atoms with Crippen molar-refractivity contribution in [3.63, 3.8) is 0 Å². The Morgan fingerprint density at radius 1 is 1.43 bits per heavy atom. The number of halogens is 1. The molecule has 0 unspecified atom stereocenters. The summed E-state index contributed by atoms with van der Waals surface area (Å²) in [5.74, 6) is -2.42. The molecule has 0 spiro atoms. The summed E-state index contributed by atoms with van der Waals surface area (Å²) in [7, 11) is 0. The molecule has 21 heavy (non-hydrogen) atoms. The van der Waals surface area contributed by atoms with E-state index in [0.29, 0.717) is 18.9 Å². The highest BCUT2D eigenvalue weighted by atomic mass is 19.1. The van der Waals surface area contributed by atoms with Gasteiger partial charge in [0.1, 0.15) is 5.56 Å². The van der Waals surface area contributed by atoms with Crippen molar-refractivity contribution in [2.45, 2.75) is 31.2 Å². The number of carboxylic acid groups (broad SMARTS) is 1. The molecule has 0 bridgehead atoms. The number of hydrogen-bond donors (Lipinski definition) is 3. The first-order valence-electron chi connectivity index (χ1n) is 6.49. The van der Waals surface area contributed by atoms with Crippen molar-refractivity contribution in [1.82, 2.24) is 0 Å². The lowest BCUT2D eigenvalue weighted by Crippen LogP contribution is -2.39. The first-order valence-corrected chi connectivity index (χ1v) is 6.49. The predicted octanol–water partition coefficient (Wildman–Crippen LogP) is 2.15. The molecule has 8 heteroatoms. The standard InChI is InChI=1S/C13H15FN2O5/c14-9-6-11(16(20)21)8(12(18)19)5-10(9)15-13(7-17)3-1-2-4-13/h5-6,15,17H,1-4,7H2,(H,18,19). The molecule has 0 radical (unpaired) electrons. The molecule has 1 saturated carbocycles. The lowest BCUT2D eigenvalue weighted by Gasteiger charge is -2.29. The van der Waals surface area contributed by atoms with E-state index in [2.05, 4.69) is 5.32 Å². The van der Waals surface area contributed by atoms with Crippen LogP contribution >= 0.6 is 0 Å². The quantitative estimate of drug-likeness (QED) is 0.567. The molecule has 0 atom stereocenters. The predicted molar refractivity (Wildman–Crippen MR) is 71.9 cm³/mol. The van der Waals surface area contributed by atoms with Gasteiger partial charge in [-0.15, -0.1) is 0 Å². The Morgan fingerprint density at radius 3 is 2.52 bits per heavy atom. The van der Waals surface area contributed by atoms with Gasteiger partial charge >= 0.3 is 5.97 Å². The fourth-order valence-electron chi connectivity index (χ4n) is 2.64. The molecule has 0 amide bonds. The molecule has 0 heterocycles. The molecule has 1 aliphatic rings. The molecule has 1 aromatic rings. The first kappa shape index (κ1) is 15.2. The maximum Gasteiger partial charge on any atom is 0.342 e. The van der Waals surface area contributed by atoms with E-state index in [9.17, 15) is 24.4 Å². The van der Waals surface area contributed by atoms with Crippen LogP contribution in [0.5, 0.6) is 0 Å². The van der Waals surface area contributed by atoms with E-state index >= 15 is 0 Å². The van der Waals surface area contributed by atoms with Gasteiger partial charge in [0.2, 0.25) is 0 Å². The van der Waals surface area contributed by atoms with Crippen molar-refractivity contribution in [3.8, 4) is 0 Å². The molecular formula is C13H15FN2O5. The van der Waals surface area contributed by atoms with Crippen molar-refractivity contribution in [1.29, 1.82) is 0 Å². The number of hydrogen-bond acceptors (Lipinski definition) is 5. The van der Waals surface area contributed by atoms with Gasteiger partial charge in [-0.05, 0) is 18.9 Å². The van der Waals surface area contributed by atoms with E-state index in [1.807, 2.05) is 0 Å². The SMILES string of the molecule is O=C(O)c1cc(NC2(CO)CCCC2)c(F)cc1[N+](=O)[O-]. The minimum atomic E-state index is -1.51. The highest BCUT2D eigenvalue weighted by Crippen LogP contribution is 2.35. The van der Waals surface area contributed by atoms with E-state index in [1.165, 1.54) is 0 Å². The van der Waals surface area contributed by atoms with E-state index in [1.54, 1.807) is 0 Å². The van der Waals surface area contributed by atoms with Crippen LogP contribution in [-0.2, 0) is 0 Å². The minimum absolute atomic E-state index is 0.144. The number of rotatable bonds is 5. The summed E-state index contributed by atoms with van der Waals surface area (Å²) in [6, 6.07) is 1.50. The maximum absolute atomic E-state index is 14.0. The molecule has 1 aliphatic carbocycles. The number of nitro benzene ring substituents is 1. The van der Waals surface area contributed by atoms with Gasteiger partial charge in [0.25, 0.3) is 5.69 Å². The zero-order chi connectivity index (χ0) is 15.6. The molecule has 7 nitrogen and oxygen atoms in total. The van der Waals surface area contributed by atoms with E-state index in [0.717, 1.165) is 18.9 Å². The van der Waals surface area contributed by atoms with Crippen molar-refractivity contribution in [3.05, 3.63) is 33.6 Å². The fourth-order valence-corrected chi connectivity index (χ4v) is 2.64. The average molecular weight is 298 g/mol. The number of aliphatic hydroxyl groups excluding tert-OH is 1. The Balaban J connectivity index is 2.42. The van der Waals surface area contributed by atoms with Gasteiger partial charge in [0, 0.05) is 0 Å². The summed E-state index contributed by atoms with van der Waals surface area (Å²) in [6.07, 6.45) is 2.99. The van der Waals surface area contributed by atoms with Gasteiger partial charge in [-0.2, -0.15) is 0 Å². The molecule has 1 fully saturated rings. The van der Waals surface area contributed by atoms with Crippen molar-refractivity contribution < 1.29 is 24.3 Å². The van der Waals surface area contributed by atoms with Crippen molar-refractivity contribution in [2.24, 2.45) is 0 Å². The normalized spacial score (nSPS) is 16.7. The van der Waals surface area contributed by atoms with Crippen molar-refractivity contribution in [2.75, 3.05) is 11.9 Å². The van der Waals surface area contributed by atoms with E-state index in [4.69, 9.17) is 5.11 Å². The molecule has 0 saturated heterocycles. The van der Waals surface area contributed by atoms with Crippen LogP contribution in [0.3, 0.4) is 0 Å². The molecule has 0 aromatic heterocycles. The zero-order valence-electron chi connectivity index (χ0n) is 11.1. The Labute approximate surface area is 119 Å². The summed E-state index contributed by atoms with van der Waals surface area (Å²) in [4.78, 5) is 20.9. The fraction of sp³-hybridized carbons (Fsp3) is 0.462. The van der Waals surface area contributed by atoms with E-state index < -0.39 is 33.5 Å². The van der Waals surface area contributed by atoms with Crippen LogP contribution in [0.2, 0.25) is 0 Å². The number of carboxylic acids is 1. The number of nitro groups is 1. The second kappa shape index (κ2) is 5.65. The van der Waals surface area contributed by atoms with Crippen LogP contribution in [-0.4, -0.2) is 33.3 Å². The highest BCUT2D eigenvalue weighted by molar-refractivity contribution is 5.93. The van der Waals surface area contributed by atoms with Gasteiger partial charge < -0.3 is 15.5 Å². The second-order valence-corrected chi connectivity index (χ2v) is 5.18. The maximum atomic E-state index is 14.0. The number of nitrogens with one attached hydrogen (secondary N) is 1. The first-order chi connectivity index (χ1) is 9.88. The van der Waals surface area contributed by atoms with Gasteiger partial charge in [-0.1, -0.05) is 12.8 Å². The van der Waals surface area contributed by atoms with Gasteiger partial charge in [0.15, 0.2) is 5.82 Å². The van der Waals surface area contributed by atoms with Crippen LogP contribution in [0.4, 0.5) is 15.8 Å². The van der Waals surface area contributed by atoms with Crippen LogP contribution in [0.25, 0.3) is 0 Å². The smallest absolute Gasteiger partial charge is 0.342 e. The number of aromatic carboxylic acids is 1. The third-order valence-corrected chi connectivity index (χ3v) is 3.78. The summed E-state index contributed by atoms with van der Waals surface area (Å²) >= 11 is 0. The third kappa shape index (κ3) is 2.94. The molecule has 0 aliphatic heterocycles. The second-order valence-electron chi connectivity index (χ2n) is 5.18. The Morgan fingerprint density at radius 2 is 2.05 bits per heavy atom. The van der Waals surface area contributed by atoms with E-state index in [-0.39, 0.29) is 12.3 Å². The topological polar surface area (TPSA) is 113 Å². The number of aliphatic hydroxyl groups is 1. The Hall–Kier alpha value is -2.22. The minimum Gasteiger partial charge on any atom is -0.477 e. The summed E-state index contributed by atoms with van der Waals surface area (Å²) in [5.41, 5.74) is -2.23. The summed E-state index contributed by atoms with van der Waals surface area (Å²) in [6.45, 7) is -0.216. The molecule has 114 valence electrons.